The van der Waals surface area contributed by atoms with Crippen LogP contribution in [0.25, 0.3) is 0 Å². The normalized spacial score (nSPS) is 9.71. The Morgan fingerprint density at radius 1 is 1.36 bits per heavy atom. The average molecular weight is 253 g/mol. The molecule has 0 aliphatic heterocycles. The summed E-state index contributed by atoms with van der Waals surface area (Å²) < 4.78 is 1.12. The fraction of sp³-hybridized carbons (Fsp3) is 0.364. The Hall–Kier alpha value is -0.850. The van der Waals surface area contributed by atoms with Crippen LogP contribution in [0.2, 0.25) is 0 Å². The maximum absolute atomic E-state index is 8.32. The van der Waals surface area contributed by atoms with Gasteiger partial charge in [-0.1, -0.05) is 28.1 Å². The zero-order chi connectivity index (χ0) is 10.2. The van der Waals surface area contributed by atoms with E-state index in [-0.39, 0.29) is 0 Å². The van der Waals surface area contributed by atoms with Gasteiger partial charge in [-0.05, 0) is 30.7 Å². The second-order valence-corrected chi connectivity index (χ2v) is 3.95. The van der Waals surface area contributed by atoms with Crippen molar-refractivity contribution in [3.63, 3.8) is 0 Å². The fourth-order valence-corrected chi connectivity index (χ4v) is 1.64. The van der Waals surface area contributed by atoms with Crippen LogP contribution in [-0.2, 0) is 6.42 Å². The van der Waals surface area contributed by atoms with E-state index < -0.39 is 0 Å². The Bertz CT molecular complexity index is 317. The maximum Gasteiger partial charge on any atom is 0.0635 e. The highest BCUT2D eigenvalue weighted by Gasteiger charge is 1.93. The summed E-state index contributed by atoms with van der Waals surface area (Å²) in [6, 6.07) is 10.4. The van der Waals surface area contributed by atoms with E-state index in [1.807, 2.05) is 12.1 Å². The third-order valence-electron chi connectivity index (χ3n) is 1.89. The molecule has 0 heterocycles. The van der Waals surface area contributed by atoms with Gasteiger partial charge in [-0.25, -0.2) is 0 Å². The Labute approximate surface area is 93.1 Å². The Morgan fingerprint density at radius 2 is 2.21 bits per heavy atom. The first-order valence-corrected chi connectivity index (χ1v) is 5.44. The van der Waals surface area contributed by atoms with Gasteiger partial charge in [0.2, 0.25) is 0 Å². The highest BCUT2D eigenvalue weighted by atomic mass is 79.9. The number of benzene rings is 1. The number of hydrogen-bond donors (Lipinski definition) is 1. The lowest BCUT2D eigenvalue weighted by atomic mass is 10.1. The van der Waals surface area contributed by atoms with Gasteiger partial charge in [0.1, 0.15) is 0 Å². The first kappa shape index (κ1) is 11.2. The van der Waals surface area contributed by atoms with Gasteiger partial charge in [0.15, 0.2) is 0 Å². The molecule has 74 valence electrons. The van der Waals surface area contributed by atoms with E-state index in [1.165, 1.54) is 5.56 Å². The zero-order valence-electron chi connectivity index (χ0n) is 7.96. The molecule has 0 unspecified atom stereocenters. The first-order chi connectivity index (χ1) is 6.83. The second-order valence-electron chi connectivity index (χ2n) is 3.04. The molecule has 3 heteroatoms. The summed E-state index contributed by atoms with van der Waals surface area (Å²) >= 11 is 3.43. The van der Waals surface area contributed by atoms with Gasteiger partial charge in [0, 0.05) is 17.4 Å². The van der Waals surface area contributed by atoms with Gasteiger partial charge in [-0.15, -0.1) is 0 Å². The summed E-state index contributed by atoms with van der Waals surface area (Å²) in [4.78, 5) is 0. The number of nitrogens with zero attached hydrogens (tertiary/aromatic N) is 1. The van der Waals surface area contributed by atoms with Gasteiger partial charge >= 0.3 is 0 Å². The van der Waals surface area contributed by atoms with Gasteiger partial charge in [-0.2, -0.15) is 5.26 Å². The van der Waals surface area contributed by atoms with Crippen molar-refractivity contribution in [2.45, 2.75) is 12.8 Å². The molecule has 0 radical (unpaired) electrons. The first-order valence-electron chi connectivity index (χ1n) is 4.65. The molecule has 0 aromatic heterocycles. The van der Waals surface area contributed by atoms with Crippen molar-refractivity contribution in [2.24, 2.45) is 0 Å². The summed E-state index contributed by atoms with van der Waals surface area (Å²) in [5.74, 6) is 0. The monoisotopic (exact) mass is 252 g/mol. The summed E-state index contributed by atoms with van der Waals surface area (Å²) in [5.41, 5.74) is 1.31. The van der Waals surface area contributed by atoms with E-state index in [4.69, 9.17) is 5.26 Å². The highest BCUT2D eigenvalue weighted by molar-refractivity contribution is 9.10. The number of hydrogen-bond acceptors (Lipinski definition) is 2. The number of halogens is 1. The number of nitriles is 1. The maximum atomic E-state index is 8.32. The number of rotatable bonds is 5. The van der Waals surface area contributed by atoms with Crippen molar-refractivity contribution < 1.29 is 0 Å². The predicted octanol–water partition coefficient (Wildman–Crippen LogP) is 2.49. The molecule has 0 saturated carbocycles. The van der Waals surface area contributed by atoms with Gasteiger partial charge < -0.3 is 5.32 Å². The minimum absolute atomic E-state index is 0.582. The van der Waals surface area contributed by atoms with Crippen LogP contribution in [0.1, 0.15) is 12.0 Å². The molecule has 0 amide bonds. The van der Waals surface area contributed by atoms with Gasteiger partial charge in [0.05, 0.1) is 6.07 Å². The summed E-state index contributed by atoms with van der Waals surface area (Å²) in [6.45, 7) is 1.71. The smallest absolute Gasteiger partial charge is 0.0635 e. The van der Waals surface area contributed by atoms with Gasteiger partial charge in [-0.3, -0.25) is 0 Å². The van der Waals surface area contributed by atoms with Crippen LogP contribution in [0.3, 0.4) is 0 Å². The summed E-state index contributed by atoms with van der Waals surface area (Å²) in [6.07, 6.45) is 1.59. The molecule has 2 nitrogen and oxygen atoms in total. The van der Waals surface area contributed by atoms with Crippen LogP contribution in [0.15, 0.2) is 28.7 Å². The highest BCUT2D eigenvalue weighted by Crippen LogP contribution is 2.11. The Kier molecular flexibility index (Phi) is 5.28. The minimum Gasteiger partial charge on any atom is -0.315 e. The average Bonchev–Trinajstić information content (AvgIpc) is 2.18. The van der Waals surface area contributed by atoms with Crippen molar-refractivity contribution >= 4 is 15.9 Å². The summed E-state index contributed by atoms with van der Waals surface area (Å²) in [7, 11) is 0. The van der Waals surface area contributed by atoms with E-state index >= 15 is 0 Å². The van der Waals surface area contributed by atoms with Crippen molar-refractivity contribution in [2.75, 3.05) is 13.1 Å². The third-order valence-corrected chi connectivity index (χ3v) is 2.39. The predicted molar refractivity (Wildman–Crippen MR) is 60.9 cm³/mol. The van der Waals surface area contributed by atoms with E-state index in [2.05, 4.69) is 39.4 Å². The van der Waals surface area contributed by atoms with Crippen LogP contribution in [0.4, 0.5) is 0 Å². The number of nitrogens with one attached hydrogen (secondary N) is 1. The van der Waals surface area contributed by atoms with Gasteiger partial charge in [0.25, 0.3) is 0 Å². The molecule has 0 aliphatic rings. The van der Waals surface area contributed by atoms with Crippen molar-refractivity contribution in [3.05, 3.63) is 34.3 Å². The largest absolute Gasteiger partial charge is 0.315 e. The van der Waals surface area contributed by atoms with Crippen molar-refractivity contribution in [1.82, 2.24) is 5.32 Å². The van der Waals surface area contributed by atoms with Crippen LogP contribution < -0.4 is 5.32 Å². The summed E-state index contributed by atoms with van der Waals surface area (Å²) in [5, 5.41) is 11.5. The molecular weight excluding hydrogens is 240 g/mol. The van der Waals surface area contributed by atoms with Crippen molar-refractivity contribution in [1.29, 1.82) is 5.26 Å². The zero-order valence-corrected chi connectivity index (χ0v) is 9.55. The molecule has 0 spiro atoms. The molecule has 0 saturated heterocycles. The Balaban J connectivity index is 2.22. The lowest BCUT2D eigenvalue weighted by Gasteiger charge is -2.02. The molecular formula is C11H13BrN2. The van der Waals surface area contributed by atoms with E-state index in [1.54, 1.807) is 0 Å². The molecule has 0 bridgehead atoms. The van der Waals surface area contributed by atoms with Crippen LogP contribution >= 0.6 is 15.9 Å². The Morgan fingerprint density at radius 3 is 2.93 bits per heavy atom. The molecule has 1 aromatic rings. The topological polar surface area (TPSA) is 35.8 Å². The van der Waals surface area contributed by atoms with E-state index in [0.29, 0.717) is 6.42 Å². The molecule has 0 aliphatic carbocycles. The van der Waals surface area contributed by atoms with Crippen molar-refractivity contribution in [3.8, 4) is 6.07 Å². The van der Waals surface area contributed by atoms with Crippen LogP contribution in [0.5, 0.6) is 0 Å². The SMILES string of the molecule is N#CCCNCCc1cccc(Br)c1. The molecule has 0 atom stereocenters. The van der Waals surface area contributed by atoms with Crippen LogP contribution in [0, 0.1) is 11.3 Å². The quantitative estimate of drug-likeness (QED) is 0.818. The molecule has 1 aromatic carbocycles. The standard InChI is InChI=1S/C11H13BrN2/c12-11-4-1-3-10(9-11)5-8-14-7-2-6-13/h1,3-4,9,14H,2,5,7-8H2. The third kappa shape index (κ3) is 4.40. The molecule has 1 N–H and O–H groups in total. The van der Waals surface area contributed by atoms with E-state index in [9.17, 15) is 0 Å². The minimum atomic E-state index is 0.582. The molecule has 1 rings (SSSR count). The lowest BCUT2D eigenvalue weighted by Crippen LogP contribution is -2.17. The lowest BCUT2D eigenvalue weighted by molar-refractivity contribution is 0.692. The molecule has 0 fully saturated rings. The van der Waals surface area contributed by atoms with Crippen LogP contribution in [-0.4, -0.2) is 13.1 Å². The second kappa shape index (κ2) is 6.58. The molecule has 14 heavy (non-hydrogen) atoms. The fourth-order valence-electron chi connectivity index (χ4n) is 1.19. The van der Waals surface area contributed by atoms with E-state index in [0.717, 1.165) is 24.0 Å².